The van der Waals surface area contributed by atoms with E-state index in [4.69, 9.17) is 4.74 Å². The fourth-order valence-corrected chi connectivity index (χ4v) is 2.42. The van der Waals surface area contributed by atoms with Crippen molar-refractivity contribution in [2.24, 2.45) is 0 Å². The van der Waals surface area contributed by atoms with E-state index in [0.29, 0.717) is 12.3 Å². The number of phenols is 1. The highest BCUT2D eigenvalue weighted by molar-refractivity contribution is 5.81. The molecule has 1 atom stereocenters. The van der Waals surface area contributed by atoms with E-state index in [1.165, 1.54) is 7.11 Å². The Hall–Kier alpha value is -1.75. The molecule has 20 heavy (non-hydrogen) atoms. The van der Waals surface area contributed by atoms with E-state index in [-0.39, 0.29) is 17.7 Å². The van der Waals surface area contributed by atoms with Crippen molar-refractivity contribution in [1.29, 1.82) is 0 Å². The summed E-state index contributed by atoms with van der Waals surface area (Å²) in [5.74, 6) is 0.723. The molecule has 2 rings (SSSR count). The molecule has 1 aromatic rings. The molecule has 0 saturated carbocycles. The number of nitrogens with zero attached hydrogens (tertiary/aromatic N) is 1. The highest BCUT2D eigenvalue weighted by atomic mass is 16.5. The lowest BCUT2D eigenvalue weighted by Gasteiger charge is -2.21. The standard InChI is InChI=1S/C15H22N2O3/c1-11(15(19)17-7-3-4-8-17)16-10-12-5-6-14(20-2)13(18)9-12/h5-6,9,11,16,18H,3-4,7-8,10H2,1-2H3. The maximum absolute atomic E-state index is 12.1. The average molecular weight is 278 g/mol. The normalized spacial score (nSPS) is 16.2. The number of amides is 1. The van der Waals surface area contributed by atoms with Crippen LogP contribution in [0.25, 0.3) is 0 Å². The molecule has 0 radical (unpaired) electrons. The van der Waals surface area contributed by atoms with Crippen LogP contribution < -0.4 is 10.1 Å². The minimum Gasteiger partial charge on any atom is -0.504 e. The summed E-state index contributed by atoms with van der Waals surface area (Å²) in [5.41, 5.74) is 0.921. The third-order valence-electron chi connectivity index (χ3n) is 3.64. The van der Waals surface area contributed by atoms with Gasteiger partial charge in [0.1, 0.15) is 0 Å². The van der Waals surface area contributed by atoms with E-state index >= 15 is 0 Å². The number of hydrogen-bond donors (Lipinski definition) is 2. The van der Waals surface area contributed by atoms with Crippen LogP contribution >= 0.6 is 0 Å². The van der Waals surface area contributed by atoms with Crippen LogP contribution in [0.15, 0.2) is 18.2 Å². The second kappa shape index (κ2) is 6.61. The van der Waals surface area contributed by atoms with Gasteiger partial charge in [-0.3, -0.25) is 4.79 Å². The molecular formula is C15H22N2O3. The monoisotopic (exact) mass is 278 g/mol. The number of methoxy groups -OCH3 is 1. The van der Waals surface area contributed by atoms with E-state index in [0.717, 1.165) is 31.5 Å². The Morgan fingerprint density at radius 1 is 1.45 bits per heavy atom. The molecule has 0 aromatic heterocycles. The van der Waals surface area contributed by atoms with Gasteiger partial charge in [0.25, 0.3) is 0 Å². The molecule has 0 aliphatic carbocycles. The number of rotatable bonds is 5. The van der Waals surface area contributed by atoms with Crippen molar-refractivity contribution in [1.82, 2.24) is 10.2 Å². The fourth-order valence-electron chi connectivity index (χ4n) is 2.42. The molecule has 0 spiro atoms. The van der Waals surface area contributed by atoms with E-state index in [2.05, 4.69) is 5.32 Å². The number of carbonyl (C=O) groups excluding carboxylic acids is 1. The van der Waals surface area contributed by atoms with Crippen LogP contribution in [0.5, 0.6) is 11.5 Å². The van der Waals surface area contributed by atoms with Gasteiger partial charge in [-0.05, 0) is 37.5 Å². The zero-order valence-electron chi connectivity index (χ0n) is 12.1. The summed E-state index contributed by atoms with van der Waals surface area (Å²) in [5, 5.41) is 12.9. The third-order valence-corrected chi connectivity index (χ3v) is 3.64. The number of nitrogens with one attached hydrogen (secondary N) is 1. The van der Waals surface area contributed by atoms with Crippen LogP contribution in [-0.2, 0) is 11.3 Å². The first kappa shape index (κ1) is 14.7. The molecular weight excluding hydrogens is 256 g/mol. The number of likely N-dealkylation sites (tertiary alicyclic amines) is 1. The second-order valence-electron chi connectivity index (χ2n) is 5.14. The minimum atomic E-state index is -0.211. The Kier molecular flexibility index (Phi) is 4.84. The van der Waals surface area contributed by atoms with E-state index in [1.807, 2.05) is 17.9 Å². The zero-order valence-corrected chi connectivity index (χ0v) is 12.1. The first-order valence-electron chi connectivity index (χ1n) is 7.00. The number of carbonyl (C=O) groups is 1. The SMILES string of the molecule is COc1ccc(CNC(C)C(=O)N2CCCC2)cc1O. The molecule has 0 bridgehead atoms. The molecule has 1 aliphatic rings. The van der Waals surface area contributed by atoms with E-state index in [1.54, 1.807) is 12.1 Å². The van der Waals surface area contributed by atoms with Crippen LogP contribution in [0.3, 0.4) is 0 Å². The Bertz CT molecular complexity index is 470. The highest BCUT2D eigenvalue weighted by Gasteiger charge is 2.22. The highest BCUT2D eigenvalue weighted by Crippen LogP contribution is 2.26. The minimum absolute atomic E-state index is 0.116. The number of hydrogen-bond acceptors (Lipinski definition) is 4. The molecule has 1 unspecified atom stereocenters. The molecule has 1 heterocycles. The third kappa shape index (κ3) is 3.42. The maximum atomic E-state index is 12.1. The van der Waals surface area contributed by atoms with Crippen molar-refractivity contribution in [2.75, 3.05) is 20.2 Å². The first-order valence-corrected chi connectivity index (χ1v) is 7.00. The number of ether oxygens (including phenoxy) is 1. The predicted molar refractivity (Wildman–Crippen MR) is 76.8 cm³/mol. The van der Waals surface area contributed by atoms with Gasteiger partial charge in [-0.25, -0.2) is 0 Å². The summed E-state index contributed by atoms with van der Waals surface area (Å²) in [6.45, 7) is 4.16. The van der Waals surface area contributed by atoms with Gasteiger partial charge in [0.15, 0.2) is 11.5 Å². The van der Waals surface area contributed by atoms with Gasteiger partial charge in [-0.15, -0.1) is 0 Å². The van der Waals surface area contributed by atoms with Crippen LogP contribution in [0.2, 0.25) is 0 Å². The van der Waals surface area contributed by atoms with Gasteiger partial charge in [0.2, 0.25) is 5.91 Å². The smallest absolute Gasteiger partial charge is 0.239 e. The van der Waals surface area contributed by atoms with Crippen LogP contribution in [-0.4, -0.2) is 42.2 Å². The predicted octanol–water partition coefficient (Wildman–Crippen LogP) is 1.50. The summed E-state index contributed by atoms with van der Waals surface area (Å²) in [4.78, 5) is 14.0. The number of phenolic OH excluding ortho intramolecular Hbond substituents is 1. The lowest BCUT2D eigenvalue weighted by molar-refractivity contribution is -0.131. The van der Waals surface area contributed by atoms with Crippen molar-refractivity contribution in [3.05, 3.63) is 23.8 Å². The Morgan fingerprint density at radius 3 is 2.75 bits per heavy atom. The molecule has 1 saturated heterocycles. The lowest BCUT2D eigenvalue weighted by atomic mass is 10.2. The average Bonchev–Trinajstić information content (AvgIpc) is 2.98. The molecule has 1 amide bonds. The molecule has 110 valence electrons. The summed E-state index contributed by atoms with van der Waals surface area (Å²) in [6.07, 6.45) is 2.20. The van der Waals surface area contributed by atoms with Crippen molar-refractivity contribution in [3.8, 4) is 11.5 Å². The molecule has 2 N–H and O–H groups in total. The molecule has 1 aromatic carbocycles. The Morgan fingerprint density at radius 2 is 2.15 bits per heavy atom. The molecule has 5 heteroatoms. The van der Waals surface area contributed by atoms with E-state index in [9.17, 15) is 9.90 Å². The maximum Gasteiger partial charge on any atom is 0.239 e. The lowest BCUT2D eigenvalue weighted by Crippen LogP contribution is -2.43. The van der Waals surface area contributed by atoms with Gasteiger partial charge in [-0.1, -0.05) is 6.07 Å². The van der Waals surface area contributed by atoms with Crippen molar-refractivity contribution in [3.63, 3.8) is 0 Å². The van der Waals surface area contributed by atoms with Crippen molar-refractivity contribution < 1.29 is 14.6 Å². The topological polar surface area (TPSA) is 61.8 Å². The van der Waals surface area contributed by atoms with Crippen LogP contribution in [0.4, 0.5) is 0 Å². The summed E-state index contributed by atoms with van der Waals surface area (Å²) in [7, 11) is 1.52. The van der Waals surface area contributed by atoms with Gasteiger partial charge in [0.05, 0.1) is 13.2 Å². The largest absolute Gasteiger partial charge is 0.504 e. The van der Waals surface area contributed by atoms with Gasteiger partial charge >= 0.3 is 0 Å². The Labute approximate surface area is 119 Å². The van der Waals surface area contributed by atoms with Crippen molar-refractivity contribution in [2.45, 2.75) is 32.4 Å². The van der Waals surface area contributed by atoms with Gasteiger partial charge in [-0.2, -0.15) is 0 Å². The number of aromatic hydroxyl groups is 1. The zero-order chi connectivity index (χ0) is 14.5. The summed E-state index contributed by atoms with van der Waals surface area (Å²) < 4.78 is 5.00. The first-order chi connectivity index (χ1) is 9.61. The second-order valence-corrected chi connectivity index (χ2v) is 5.14. The Balaban J connectivity index is 1.87. The number of benzene rings is 1. The molecule has 1 fully saturated rings. The molecule has 5 nitrogen and oxygen atoms in total. The van der Waals surface area contributed by atoms with E-state index < -0.39 is 0 Å². The van der Waals surface area contributed by atoms with Crippen molar-refractivity contribution >= 4 is 5.91 Å². The summed E-state index contributed by atoms with van der Waals surface area (Å²) >= 11 is 0. The van der Waals surface area contributed by atoms with Gasteiger partial charge in [0, 0.05) is 19.6 Å². The summed E-state index contributed by atoms with van der Waals surface area (Å²) in [6, 6.07) is 5.04. The quantitative estimate of drug-likeness (QED) is 0.857. The van der Waals surface area contributed by atoms with Crippen LogP contribution in [0.1, 0.15) is 25.3 Å². The fraction of sp³-hybridized carbons (Fsp3) is 0.533. The van der Waals surface area contributed by atoms with Crippen LogP contribution in [0, 0.1) is 0 Å². The molecule has 1 aliphatic heterocycles. The van der Waals surface area contributed by atoms with Gasteiger partial charge < -0.3 is 20.1 Å².